The topological polar surface area (TPSA) is 69.2 Å². The fourth-order valence-corrected chi connectivity index (χ4v) is 2.29. The van der Waals surface area contributed by atoms with Crippen LogP contribution in [-0.4, -0.2) is 16.3 Å². The summed E-state index contributed by atoms with van der Waals surface area (Å²) in [6, 6.07) is 10.2. The van der Waals surface area contributed by atoms with Gasteiger partial charge in [-0.25, -0.2) is 0 Å². The molecule has 0 N–H and O–H groups in total. The Hall–Kier alpha value is -2.14. The number of hydrogen-bond donors (Lipinski definition) is 0. The van der Waals surface area contributed by atoms with Gasteiger partial charge in [0.2, 0.25) is 0 Å². The fraction of sp³-hybridized carbons (Fsp3) is 0.267. The molecule has 0 atom stereocenters. The third-order valence-corrected chi connectivity index (χ3v) is 3.25. The molecule has 0 saturated carbocycles. The van der Waals surface area contributed by atoms with Crippen molar-refractivity contribution in [3.63, 3.8) is 0 Å². The number of rotatable bonds is 2. The second-order valence-electron chi connectivity index (χ2n) is 5.59. The SMILES string of the molecule is CC(C)(C)c1cc(N(C(=O)[O-])c2ccccc2)nnc1Cl. The highest BCUT2D eigenvalue weighted by atomic mass is 35.5. The summed E-state index contributed by atoms with van der Waals surface area (Å²) in [4.78, 5) is 12.4. The number of carbonyl (C=O) groups excluding carboxylic acids is 1. The van der Waals surface area contributed by atoms with E-state index in [-0.39, 0.29) is 16.4 Å². The van der Waals surface area contributed by atoms with E-state index in [0.717, 1.165) is 10.5 Å². The molecule has 0 unspecified atom stereocenters. The Labute approximate surface area is 128 Å². The van der Waals surface area contributed by atoms with Crippen molar-refractivity contribution in [2.24, 2.45) is 0 Å². The minimum Gasteiger partial charge on any atom is -0.529 e. The predicted octanol–water partition coefficient (Wildman–Crippen LogP) is 2.91. The third-order valence-electron chi connectivity index (χ3n) is 2.97. The maximum atomic E-state index is 11.5. The van der Waals surface area contributed by atoms with Gasteiger partial charge < -0.3 is 9.90 Å². The zero-order chi connectivity index (χ0) is 15.6. The molecule has 0 saturated heterocycles. The molecule has 1 aromatic carbocycles. The molecule has 21 heavy (non-hydrogen) atoms. The smallest absolute Gasteiger partial charge is 0.161 e. The van der Waals surface area contributed by atoms with Gasteiger partial charge in [-0.1, -0.05) is 50.6 Å². The summed E-state index contributed by atoms with van der Waals surface area (Å²) in [6.07, 6.45) is -1.38. The maximum Gasteiger partial charge on any atom is 0.161 e. The lowest BCUT2D eigenvalue weighted by Crippen LogP contribution is -2.38. The van der Waals surface area contributed by atoms with Crippen molar-refractivity contribution < 1.29 is 9.90 Å². The van der Waals surface area contributed by atoms with E-state index in [2.05, 4.69) is 10.2 Å². The van der Waals surface area contributed by atoms with Crippen LogP contribution in [0.5, 0.6) is 0 Å². The van der Waals surface area contributed by atoms with E-state index in [0.29, 0.717) is 5.69 Å². The molecule has 0 bridgehead atoms. The number of anilines is 2. The molecule has 0 spiro atoms. The number of para-hydroxylation sites is 1. The predicted molar refractivity (Wildman–Crippen MR) is 79.7 cm³/mol. The molecule has 0 radical (unpaired) electrons. The van der Waals surface area contributed by atoms with E-state index in [1.165, 1.54) is 0 Å². The zero-order valence-corrected chi connectivity index (χ0v) is 12.8. The van der Waals surface area contributed by atoms with E-state index in [1.807, 2.05) is 20.8 Å². The number of benzene rings is 1. The van der Waals surface area contributed by atoms with Gasteiger partial charge in [-0.05, 0) is 23.6 Å². The lowest BCUT2D eigenvalue weighted by atomic mass is 9.88. The Morgan fingerprint density at radius 2 is 1.81 bits per heavy atom. The van der Waals surface area contributed by atoms with Crippen LogP contribution in [-0.2, 0) is 5.41 Å². The Morgan fingerprint density at radius 1 is 1.19 bits per heavy atom. The van der Waals surface area contributed by atoms with Crippen LogP contribution in [0.25, 0.3) is 0 Å². The first-order valence-electron chi connectivity index (χ1n) is 6.40. The van der Waals surface area contributed by atoms with E-state index in [9.17, 15) is 9.90 Å². The molecule has 0 aliphatic carbocycles. The van der Waals surface area contributed by atoms with Gasteiger partial charge in [0.25, 0.3) is 0 Å². The normalized spacial score (nSPS) is 11.2. The second-order valence-corrected chi connectivity index (χ2v) is 5.95. The van der Waals surface area contributed by atoms with Crippen LogP contribution < -0.4 is 10.0 Å². The minimum absolute atomic E-state index is 0.163. The van der Waals surface area contributed by atoms with Crippen LogP contribution in [0.1, 0.15) is 26.3 Å². The van der Waals surface area contributed by atoms with Crippen molar-refractivity contribution in [3.8, 4) is 0 Å². The van der Waals surface area contributed by atoms with Crippen molar-refractivity contribution in [3.05, 3.63) is 47.1 Å². The van der Waals surface area contributed by atoms with Crippen molar-refractivity contribution in [1.82, 2.24) is 10.2 Å². The molecule has 0 aliphatic rings. The first-order chi connectivity index (χ1) is 9.80. The first kappa shape index (κ1) is 15.3. The summed E-state index contributed by atoms with van der Waals surface area (Å²) in [5.41, 5.74) is 0.876. The zero-order valence-electron chi connectivity index (χ0n) is 12.0. The van der Waals surface area contributed by atoms with Gasteiger partial charge in [-0.2, -0.15) is 0 Å². The Bertz CT molecular complexity index is 654. The van der Waals surface area contributed by atoms with E-state index < -0.39 is 6.09 Å². The van der Waals surface area contributed by atoms with Gasteiger partial charge in [-0.3, -0.25) is 4.90 Å². The fourth-order valence-electron chi connectivity index (χ4n) is 1.91. The summed E-state index contributed by atoms with van der Waals surface area (Å²) in [7, 11) is 0. The highest BCUT2D eigenvalue weighted by Gasteiger charge is 2.22. The molecule has 2 rings (SSSR count). The van der Waals surface area contributed by atoms with Crippen LogP contribution in [0.3, 0.4) is 0 Å². The quantitative estimate of drug-likeness (QED) is 0.855. The van der Waals surface area contributed by atoms with Crippen LogP contribution in [0.4, 0.5) is 16.3 Å². The van der Waals surface area contributed by atoms with Crippen molar-refractivity contribution in [1.29, 1.82) is 0 Å². The molecule has 1 amide bonds. The van der Waals surface area contributed by atoms with Gasteiger partial charge in [0.05, 0.1) is 0 Å². The van der Waals surface area contributed by atoms with Gasteiger partial charge in [-0.15, -0.1) is 10.2 Å². The Balaban J connectivity index is 2.55. The average molecular weight is 305 g/mol. The van der Waals surface area contributed by atoms with E-state index in [4.69, 9.17) is 11.6 Å². The third kappa shape index (κ3) is 3.31. The van der Waals surface area contributed by atoms with Crippen LogP contribution in [0, 0.1) is 0 Å². The average Bonchev–Trinajstić information content (AvgIpc) is 2.40. The highest BCUT2D eigenvalue weighted by molar-refractivity contribution is 6.30. The number of aromatic nitrogens is 2. The monoisotopic (exact) mass is 304 g/mol. The molecular formula is C15H15ClN3O2-. The second kappa shape index (κ2) is 5.69. The van der Waals surface area contributed by atoms with Crippen LogP contribution >= 0.6 is 11.6 Å². The van der Waals surface area contributed by atoms with E-state index >= 15 is 0 Å². The lowest BCUT2D eigenvalue weighted by Gasteiger charge is -2.26. The molecule has 0 fully saturated rings. The number of carbonyl (C=O) groups is 1. The highest BCUT2D eigenvalue weighted by Crippen LogP contribution is 2.31. The summed E-state index contributed by atoms with van der Waals surface area (Å²) < 4.78 is 0. The molecule has 110 valence electrons. The summed E-state index contributed by atoms with van der Waals surface area (Å²) >= 11 is 6.06. The summed E-state index contributed by atoms with van der Waals surface area (Å²) in [6.45, 7) is 5.89. The molecule has 5 nitrogen and oxygen atoms in total. The van der Waals surface area contributed by atoms with Crippen molar-refractivity contribution in [2.45, 2.75) is 26.2 Å². The first-order valence-corrected chi connectivity index (χ1v) is 6.78. The number of amides is 1. The molecule has 2 aromatic rings. The molecule has 6 heteroatoms. The number of hydrogen-bond acceptors (Lipinski definition) is 4. The summed E-state index contributed by atoms with van der Waals surface area (Å²) in [5, 5.41) is 19.5. The summed E-state index contributed by atoms with van der Waals surface area (Å²) in [5.74, 6) is 0.163. The van der Waals surface area contributed by atoms with Gasteiger partial charge >= 0.3 is 0 Å². The van der Waals surface area contributed by atoms with Crippen LogP contribution in [0.15, 0.2) is 36.4 Å². The van der Waals surface area contributed by atoms with E-state index in [1.54, 1.807) is 36.4 Å². The van der Waals surface area contributed by atoms with Crippen molar-refractivity contribution in [2.75, 3.05) is 4.90 Å². The number of nitrogens with zero attached hydrogens (tertiary/aromatic N) is 3. The van der Waals surface area contributed by atoms with Gasteiger partial charge in [0.15, 0.2) is 11.0 Å². The van der Waals surface area contributed by atoms with Crippen LogP contribution in [0.2, 0.25) is 5.15 Å². The number of carboxylic acid groups (broad SMARTS) is 1. The molecular weight excluding hydrogens is 290 g/mol. The van der Waals surface area contributed by atoms with Crippen molar-refractivity contribution >= 4 is 29.2 Å². The number of halogens is 1. The van der Waals surface area contributed by atoms with Gasteiger partial charge in [0.1, 0.15) is 6.09 Å². The Kier molecular flexibility index (Phi) is 4.14. The molecule has 1 aromatic heterocycles. The van der Waals surface area contributed by atoms with Gasteiger partial charge in [0, 0.05) is 11.3 Å². The largest absolute Gasteiger partial charge is 0.529 e. The maximum absolute atomic E-state index is 11.5. The lowest BCUT2D eigenvalue weighted by molar-refractivity contribution is -0.245. The Morgan fingerprint density at radius 3 is 2.33 bits per heavy atom. The molecule has 0 aliphatic heterocycles. The molecule has 1 heterocycles. The minimum atomic E-state index is -1.38. The standard InChI is InChI=1S/C15H16ClN3O2/c1-15(2,3)11-9-12(17-18-13(11)16)19(14(20)21)10-7-5-4-6-8-10/h4-9H,1-3H3,(H,20,21)/p-1.